The van der Waals surface area contributed by atoms with Crippen molar-refractivity contribution >= 4 is 5.91 Å². The lowest BCUT2D eigenvalue weighted by molar-refractivity contribution is -0.188. The molecule has 1 rings (SSSR count). The van der Waals surface area contributed by atoms with Gasteiger partial charge in [-0.05, 0) is 18.8 Å². The Labute approximate surface area is 99.1 Å². The highest BCUT2D eigenvalue weighted by atomic mass is 19.4. The third kappa shape index (κ3) is 3.59. The minimum atomic E-state index is -4.22. The number of alkyl halides is 3. The monoisotopic (exact) mass is 252 g/mol. The van der Waals surface area contributed by atoms with Crippen LogP contribution in [0.3, 0.4) is 0 Å². The maximum Gasteiger partial charge on any atom is 0.393 e. The number of hydrogen-bond acceptors (Lipinski definition) is 2. The van der Waals surface area contributed by atoms with Crippen molar-refractivity contribution in [2.45, 2.75) is 38.9 Å². The molecule has 3 nitrogen and oxygen atoms in total. The van der Waals surface area contributed by atoms with Crippen LogP contribution in [0.15, 0.2) is 0 Å². The molecule has 1 aliphatic rings. The first-order chi connectivity index (χ1) is 7.73. The molecule has 0 aliphatic carbocycles. The lowest BCUT2D eigenvalue weighted by Crippen LogP contribution is -2.51. The first-order valence-electron chi connectivity index (χ1n) is 5.84. The SMILES string of the molecule is CC(C)C(N)C(=O)N1CCCC(C(F)(F)F)C1. The van der Waals surface area contributed by atoms with Gasteiger partial charge < -0.3 is 10.6 Å². The Morgan fingerprint density at radius 2 is 2.00 bits per heavy atom. The topological polar surface area (TPSA) is 46.3 Å². The number of hydrogen-bond donors (Lipinski definition) is 1. The second-order valence-corrected chi connectivity index (χ2v) is 4.93. The van der Waals surface area contributed by atoms with Crippen molar-refractivity contribution in [2.24, 2.45) is 17.6 Å². The Balaban J connectivity index is 2.64. The van der Waals surface area contributed by atoms with E-state index >= 15 is 0 Å². The summed E-state index contributed by atoms with van der Waals surface area (Å²) in [5, 5.41) is 0. The second-order valence-electron chi connectivity index (χ2n) is 4.93. The van der Waals surface area contributed by atoms with Gasteiger partial charge in [-0.15, -0.1) is 0 Å². The summed E-state index contributed by atoms with van der Waals surface area (Å²) in [6, 6.07) is -0.706. The number of carbonyl (C=O) groups excluding carboxylic acids is 1. The minimum Gasteiger partial charge on any atom is -0.341 e. The molecule has 2 atom stereocenters. The molecule has 17 heavy (non-hydrogen) atoms. The van der Waals surface area contributed by atoms with Crippen LogP contribution in [0.1, 0.15) is 26.7 Å². The van der Waals surface area contributed by atoms with Crippen LogP contribution in [0.4, 0.5) is 13.2 Å². The van der Waals surface area contributed by atoms with Gasteiger partial charge in [-0.3, -0.25) is 4.79 Å². The van der Waals surface area contributed by atoms with E-state index in [0.29, 0.717) is 13.0 Å². The quantitative estimate of drug-likeness (QED) is 0.814. The molecule has 6 heteroatoms. The smallest absolute Gasteiger partial charge is 0.341 e. The lowest BCUT2D eigenvalue weighted by atomic mass is 9.95. The van der Waals surface area contributed by atoms with Gasteiger partial charge in [-0.1, -0.05) is 13.8 Å². The minimum absolute atomic E-state index is 0.0613. The first-order valence-corrected chi connectivity index (χ1v) is 5.84. The number of carbonyl (C=O) groups is 1. The fourth-order valence-electron chi connectivity index (χ4n) is 1.94. The Morgan fingerprint density at radius 3 is 2.47 bits per heavy atom. The van der Waals surface area contributed by atoms with Crippen LogP contribution >= 0.6 is 0 Å². The van der Waals surface area contributed by atoms with Gasteiger partial charge in [-0.25, -0.2) is 0 Å². The van der Waals surface area contributed by atoms with E-state index in [0.717, 1.165) is 0 Å². The molecule has 1 heterocycles. The third-order valence-corrected chi connectivity index (χ3v) is 3.20. The van der Waals surface area contributed by atoms with Gasteiger partial charge >= 0.3 is 6.18 Å². The Bertz CT molecular complexity index is 278. The van der Waals surface area contributed by atoms with Crippen LogP contribution in [-0.2, 0) is 4.79 Å². The van der Waals surface area contributed by atoms with Gasteiger partial charge in [0.1, 0.15) is 0 Å². The predicted molar refractivity (Wildman–Crippen MR) is 58.2 cm³/mol. The fourth-order valence-corrected chi connectivity index (χ4v) is 1.94. The summed E-state index contributed by atoms with van der Waals surface area (Å²) in [7, 11) is 0. The van der Waals surface area contributed by atoms with E-state index in [9.17, 15) is 18.0 Å². The van der Waals surface area contributed by atoms with E-state index in [2.05, 4.69) is 0 Å². The van der Waals surface area contributed by atoms with Gasteiger partial charge in [0.25, 0.3) is 0 Å². The molecule has 1 saturated heterocycles. The molecule has 100 valence electrons. The molecule has 1 aliphatic heterocycles. The molecule has 2 N–H and O–H groups in total. The summed E-state index contributed by atoms with van der Waals surface area (Å²) in [6.45, 7) is 3.70. The number of piperidine rings is 1. The highest BCUT2D eigenvalue weighted by Gasteiger charge is 2.43. The summed E-state index contributed by atoms with van der Waals surface area (Å²) in [5.74, 6) is -1.83. The molecule has 1 amide bonds. The zero-order valence-electron chi connectivity index (χ0n) is 10.1. The maximum atomic E-state index is 12.6. The van der Waals surface area contributed by atoms with Crippen molar-refractivity contribution < 1.29 is 18.0 Å². The van der Waals surface area contributed by atoms with Crippen LogP contribution in [0, 0.1) is 11.8 Å². The third-order valence-electron chi connectivity index (χ3n) is 3.20. The number of nitrogens with two attached hydrogens (primary N) is 1. The number of amides is 1. The van der Waals surface area contributed by atoms with Crippen molar-refractivity contribution in [3.63, 3.8) is 0 Å². The number of nitrogens with zero attached hydrogens (tertiary/aromatic N) is 1. The molecule has 0 aromatic rings. The van der Waals surface area contributed by atoms with Crippen LogP contribution in [-0.4, -0.2) is 36.1 Å². The van der Waals surface area contributed by atoms with Gasteiger partial charge in [0.05, 0.1) is 12.0 Å². The number of rotatable bonds is 2. The average Bonchev–Trinajstić information content (AvgIpc) is 2.26. The van der Waals surface area contributed by atoms with E-state index in [1.165, 1.54) is 4.90 Å². The van der Waals surface area contributed by atoms with Crippen molar-refractivity contribution in [3.8, 4) is 0 Å². The maximum absolute atomic E-state index is 12.6. The summed E-state index contributed by atoms with van der Waals surface area (Å²) >= 11 is 0. The zero-order chi connectivity index (χ0) is 13.2. The highest BCUT2D eigenvalue weighted by Crippen LogP contribution is 2.33. The van der Waals surface area contributed by atoms with E-state index in [-0.39, 0.29) is 24.8 Å². The normalized spacial score (nSPS) is 23.9. The van der Waals surface area contributed by atoms with Crippen LogP contribution < -0.4 is 5.73 Å². The van der Waals surface area contributed by atoms with Crippen molar-refractivity contribution in [2.75, 3.05) is 13.1 Å². The summed E-state index contributed by atoms with van der Waals surface area (Å²) in [6.07, 6.45) is -3.73. The molecule has 0 bridgehead atoms. The summed E-state index contributed by atoms with van der Waals surface area (Å²) in [4.78, 5) is 13.1. The van der Waals surface area contributed by atoms with Crippen molar-refractivity contribution in [3.05, 3.63) is 0 Å². The zero-order valence-corrected chi connectivity index (χ0v) is 10.1. The standard InChI is InChI=1S/C11H19F3N2O/c1-7(2)9(15)10(17)16-5-3-4-8(6-16)11(12,13)14/h7-9H,3-6,15H2,1-2H3. The number of halogens is 3. The summed E-state index contributed by atoms with van der Waals surface area (Å²) in [5.41, 5.74) is 5.67. The van der Waals surface area contributed by atoms with Crippen molar-refractivity contribution in [1.82, 2.24) is 4.90 Å². The molecule has 0 saturated carbocycles. The average molecular weight is 252 g/mol. The molecule has 2 unspecified atom stereocenters. The van der Waals surface area contributed by atoms with Gasteiger partial charge in [0.2, 0.25) is 5.91 Å². The summed E-state index contributed by atoms with van der Waals surface area (Å²) < 4.78 is 37.7. The van der Waals surface area contributed by atoms with E-state index in [1.54, 1.807) is 13.8 Å². The van der Waals surface area contributed by atoms with Gasteiger partial charge in [-0.2, -0.15) is 13.2 Å². The molecule has 0 aromatic carbocycles. The molecule has 0 aromatic heterocycles. The largest absolute Gasteiger partial charge is 0.393 e. The number of likely N-dealkylation sites (tertiary alicyclic amines) is 1. The Morgan fingerprint density at radius 1 is 1.41 bits per heavy atom. The molecule has 0 spiro atoms. The lowest BCUT2D eigenvalue weighted by Gasteiger charge is -2.35. The first kappa shape index (κ1) is 14.3. The van der Waals surface area contributed by atoms with Gasteiger partial charge in [0.15, 0.2) is 0 Å². The highest BCUT2D eigenvalue weighted by molar-refractivity contribution is 5.82. The van der Waals surface area contributed by atoms with Crippen LogP contribution in [0.25, 0.3) is 0 Å². The molecule has 0 radical (unpaired) electrons. The molecule has 1 fully saturated rings. The molecular formula is C11H19F3N2O. The van der Waals surface area contributed by atoms with E-state index in [1.807, 2.05) is 0 Å². The predicted octanol–water partition coefficient (Wildman–Crippen LogP) is 1.77. The van der Waals surface area contributed by atoms with E-state index < -0.39 is 18.1 Å². The fraction of sp³-hybridized carbons (Fsp3) is 0.909. The van der Waals surface area contributed by atoms with Crippen LogP contribution in [0.2, 0.25) is 0 Å². The van der Waals surface area contributed by atoms with E-state index in [4.69, 9.17) is 5.73 Å². The Kier molecular flexibility index (Phi) is 4.41. The van der Waals surface area contributed by atoms with Crippen molar-refractivity contribution in [1.29, 1.82) is 0 Å². The molecular weight excluding hydrogens is 233 g/mol. The van der Waals surface area contributed by atoms with Crippen LogP contribution in [0.5, 0.6) is 0 Å². The second kappa shape index (κ2) is 5.25. The van der Waals surface area contributed by atoms with Gasteiger partial charge in [0, 0.05) is 13.1 Å². The Hall–Kier alpha value is -0.780.